The van der Waals surface area contributed by atoms with Crippen LogP contribution in [0.15, 0.2) is 18.5 Å². The van der Waals surface area contributed by atoms with Crippen molar-refractivity contribution in [2.75, 3.05) is 0 Å². The third-order valence-electron chi connectivity index (χ3n) is 2.52. The SMILES string of the molecule is CCCC(C)CC(O)c1cncc(F)c1. The van der Waals surface area contributed by atoms with E-state index in [9.17, 15) is 9.50 Å². The summed E-state index contributed by atoms with van der Waals surface area (Å²) in [5.74, 6) is 0.0583. The van der Waals surface area contributed by atoms with E-state index in [-0.39, 0.29) is 0 Å². The molecule has 1 aromatic rings. The summed E-state index contributed by atoms with van der Waals surface area (Å²) in [5, 5.41) is 9.84. The highest BCUT2D eigenvalue weighted by Crippen LogP contribution is 2.23. The smallest absolute Gasteiger partial charge is 0.141 e. The minimum absolute atomic E-state index is 0.394. The van der Waals surface area contributed by atoms with Gasteiger partial charge in [-0.1, -0.05) is 26.7 Å². The first kappa shape index (κ1) is 12.1. The summed E-state index contributed by atoms with van der Waals surface area (Å²) >= 11 is 0. The van der Waals surface area contributed by atoms with Gasteiger partial charge in [-0.25, -0.2) is 4.39 Å². The van der Waals surface area contributed by atoms with Gasteiger partial charge in [-0.2, -0.15) is 0 Å². The Balaban J connectivity index is 2.56. The molecule has 0 aliphatic rings. The molecule has 0 spiro atoms. The van der Waals surface area contributed by atoms with Crippen LogP contribution in [0, 0.1) is 11.7 Å². The lowest BCUT2D eigenvalue weighted by Gasteiger charge is -2.15. The molecule has 1 rings (SSSR count). The van der Waals surface area contributed by atoms with E-state index >= 15 is 0 Å². The number of aliphatic hydroxyl groups is 1. The zero-order chi connectivity index (χ0) is 11.3. The fourth-order valence-electron chi connectivity index (χ4n) is 1.74. The number of nitrogens with zero attached hydrogens (tertiary/aromatic N) is 1. The number of aliphatic hydroxyl groups excluding tert-OH is 1. The molecular weight excluding hydrogens is 193 g/mol. The van der Waals surface area contributed by atoms with Crippen LogP contribution >= 0.6 is 0 Å². The Morgan fingerprint density at radius 1 is 1.47 bits per heavy atom. The normalized spacial score (nSPS) is 14.9. The molecule has 3 heteroatoms. The van der Waals surface area contributed by atoms with Gasteiger partial charge in [-0.3, -0.25) is 4.98 Å². The maximum Gasteiger partial charge on any atom is 0.141 e. The largest absolute Gasteiger partial charge is 0.388 e. The maximum absolute atomic E-state index is 12.8. The highest BCUT2D eigenvalue weighted by molar-refractivity contribution is 5.13. The van der Waals surface area contributed by atoms with Crippen LogP contribution < -0.4 is 0 Å². The van der Waals surface area contributed by atoms with E-state index in [1.165, 1.54) is 12.3 Å². The van der Waals surface area contributed by atoms with Gasteiger partial charge in [0.25, 0.3) is 0 Å². The van der Waals surface area contributed by atoms with Crippen molar-refractivity contribution in [1.82, 2.24) is 4.98 Å². The standard InChI is InChI=1S/C12H18FNO/c1-3-4-9(2)5-12(15)10-6-11(13)8-14-7-10/h6-9,12,15H,3-5H2,1-2H3. The molecule has 0 aromatic carbocycles. The monoisotopic (exact) mass is 211 g/mol. The fourth-order valence-corrected chi connectivity index (χ4v) is 1.74. The van der Waals surface area contributed by atoms with Crippen molar-refractivity contribution in [3.63, 3.8) is 0 Å². The summed E-state index contributed by atoms with van der Waals surface area (Å²) in [6.45, 7) is 4.21. The van der Waals surface area contributed by atoms with Gasteiger partial charge in [-0.15, -0.1) is 0 Å². The molecular formula is C12H18FNO. The van der Waals surface area contributed by atoms with Crippen molar-refractivity contribution in [1.29, 1.82) is 0 Å². The van der Waals surface area contributed by atoms with E-state index in [0.29, 0.717) is 17.9 Å². The van der Waals surface area contributed by atoms with Crippen LogP contribution in [0.4, 0.5) is 4.39 Å². The van der Waals surface area contributed by atoms with Crippen LogP contribution in [-0.2, 0) is 0 Å². The number of halogens is 1. The first-order chi connectivity index (χ1) is 7.13. The molecule has 2 nitrogen and oxygen atoms in total. The van der Waals surface area contributed by atoms with E-state index in [0.717, 1.165) is 19.0 Å². The van der Waals surface area contributed by atoms with Crippen LogP contribution in [0.1, 0.15) is 44.8 Å². The van der Waals surface area contributed by atoms with Gasteiger partial charge in [0, 0.05) is 11.8 Å². The Kier molecular flexibility index (Phi) is 4.69. The Bertz CT molecular complexity index is 303. The number of aromatic nitrogens is 1. The number of hydrogen-bond donors (Lipinski definition) is 1. The van der Waals surface area contributed by atoms with Crippen molar-refractivity contribution >= 4 is 0 Å². The zero-order valence-electron chi connectivity index (χ0n) is 9.28. The molecule has 0 aliphatic heterocycles. The molecule has 1 heterocycles. The number of rotatable bonds is 5. The van der Waals surface area contributed by atoms with Gasteiger partial charge >= 0.3 is 0 Å². The molecule has 0 fully saturated rings. The van der Waals surface area contributed by atoms with Crippen LogP contribution in [0.5, 0.6) is 0 Å². The molecule has 0 saturated carbocycles. The van der Waals surface area contributed by atoms with Gasteiger partial charge in [0.1, 0.15) is 5.82 Å². The summed E-state index contributed by atoms with van der Waals surface area (Å²) in [7, 11) is 0. The van der Waals surface area contributed by atoms with Crippen LogP contribution in [0.2, 0.25) is 0 Å². The Morgan fingerprint density at radius 3 is 2.80 bits per heavy atom. The molecule has 1 aromatic heterocycles. The van der Waals surface area contributed by atoms with Crippen molar-refractivity contribution < 1.29 is 9.50 Å². The second kappa shape index (κ2) is 5.81. The van der Waals surface area contributed by atoms with Crippen molar-refractivity contribution in [2.24, 2.45) is 5.92 Å². The summed E-state index contributed by atoms with van der Waals surface area (Å²) < 4.78 is 12.8. The lowest BCUT2D eigenvalue weighted by atomic mass is 9.96. The predicted molar refractivity (Wildman–Crippen MR) is 57.8 cm³/mol. The first-order valence-corrected chi connectivity index (χ1v) is 5.42. The lowest BCUT2D eigenvalue weighted by Crippen LogP contribution is -2.05. The molecule has 0 amide bonds. The third kappa shape index (κ3) is 3.96. The highest BCUT2D eigenvalue weighted by atomic mass is 19.1. The second-order valence-electron chi connectivity index (χ2n) is 4.08. The average Bonchev–Trinajstić information content (AvgIpc) is 2.18. The van der Waals surface area contributed by atoms with Gasteiger partial charge in [0.05, 0.1) is 12.3 Å². The number of pyridine rings is 1. The van der Waals surface area contributed by atoms with Crippen molar-refractivity contribution in [2.45, 2.75) is 39.2 Å². The minimum Gasteiger partial charge on any atom is -0.388 e. The minimum atomic E-state index is -0.602. The van der Waals surface area contributed by atoms with Crippen LogP contribution in [0.25, 0.3) is 0 Å². The highest BCUT2D eigenvalue weighted by Gasteiger charge is 2.12. The maximum atomic E-state index is 12.8. The van der Waals surface area contributed by atoms with Crippen molar-refractivity contribution in [3.05, 3.63) is 29.8 Å². The molecule has 84 valence electrons. The summed E-state index contributed by atoms with van der Waals surface area (Å²) in [6, 6.07) is 1.34. The fraction of sp³-hybridized carbons (Fsp3) is 0.583. The summed E-state index contributed by atoms with van der Waals surface area (Å²) in [6.07, 6.45) is 4.92. The van der Waals surface area contributed by atoms with E-state index < -0.39 is 11.9 Å². The van der Waals surface area contributed by atoms with Gasteiger partial charge in [0.2, 0.25) is 0 Å². The number of hydrogen-bond acceptors (Lipinski definition) is 2. The first-order valence-electron chi connectivity index (χ1n) is 5.42. The summed E-state index contributed by atoms with van der Waals surface area (Å²) in [4.78, 5) is 3.72. The van der Waals surface area contributed by atoms with Crippen molar-refractivity contribution in [3.8, 4) is 0 Å². The molecule has 0 aliphatic carbocycles. The molecule has 1 N–H and O–H groups in total. The third-order valence-corrected chi connectivity index (χ3v) is 2.52. The lowest BCUT2D eigenvalue weighted by molar-refractivity contribution is 0.144. The Labute approximate surface area is 90.2 Å². The molecule has 0 radical (unpaired) electrons. The van der Waals surface area contributed by atoms with Crippen LogP contribution in [-0.4, -0.2) is 10.1 Å². The van der Waals surface area contributed by atoms with Gasteiger partial charge < -0.3 is 5.11 Å². The molecule has 2 atom stereocenters. The molecule has 2 unspecified atom stereocenters. The van der Waals surface area contributed by atoms with E-state index in [2.05, 4.69) is 18.8 Å². The van der Waals surface area contributed by atoms with Crippen LogP contribution in [0.3, 0.4) is 0 Å². The zero-order valence-corrected chi connectivity index (χ0v) is 9.28. The molecule has 15 heavy (non-hydrogen) atoms. The van der Waals surface area contributed by atoms with E-state index in [1.807, 2.05) is 0 Å². The Hall–Kier alpha value is -0.960. The van der Waals surface area contributed by atoms with Gasteiger partial charge in [0.15, 0.2) is 0 Å². The quantitative estimate of drug-likeness (QED) is 0.811. The predicted octanol–water partition coefficient (Wildman–Crippen LogP) is 3.08. The second-order valence-corrected chi connectivity index (χ2v) is 4.08. The molecule has 0 bridgehead atoms. The van der Waals surface area contributed by atoms with E-state index in [1.54, 1.807) is 0 Å². The average molecular weight is 211 g/mol. The molecule has 0 saturated heterocycles. The topological polar surface area (TPSA) is 33.1 Å². The van der Waals surface area contributed by atoms with Gasteiger partial charge in [-0.05, 0) is 18.4 Å². The van der Waals surface area contributed by atoms with E-state index in [4.69, 9.17) is 0 Å². The summed E-state index contributed by atoms with van der Waals surface area (Å²) in [5.41, 5.74) is 0.568. The Morgan fingerprint density at radius 2 is 2.20 bits per heavy atom.